The number of nitrogens with two attached hydrogens (primary N) is 1. The van der Waals surface area contributed by atoms with Crippen LogP contribution in [0.4, 0.5) is 0 Å². The number of hydrogen-bond acceptors (Lipinski definition) is 3. The lowest BCUT2D eigenvalue weighted by atomic mass is 9.95. The van der Waals surface area contributed by atoms with Crippen LogP contribution in [0.5, 0.6) is 0 Å². The van der Waals surface area contributed by atoms with Crippen molar-refractivity contribution >= 4 is 24.2 Å². The van der Waals surface area contributed by atoms with E-state index in [4.69, 9.17) is 5.73 Å². The van der Waals surface area contributed by atoms with E-state index in [1.807, 2.05) is 4.90 Å². The van der Waals surface area contributed by atoms with Gasteiger partial charge in [0.15, 0.2) is 0 Å². The van der Waals surface area contributed by atoms with Gasteiger partial charge in [-0.25, -0.2) is 0 Å². The van der Waals surface area contributed by atoms with E-state index in [0.717, 1.165) is 25.8 Å². The average Bonchev–Trinajstić information content (AvgIpc) is 2.52. The number of carbonyl (C=O) groups excluding carboxylic acids is 2. The second-order valence-corrected chi connectivity index (χ2v) is 5.77. The van der Waals surface area contributed by atoms with Crippen molar-refractivity contribution in [3.8, 4) is 0 Å². The molecule has 0 bridgehead atoms. The van der Waals surface area contributed by atoms with Gasteiger partial charge in [-0.2, -0.15) is 0 Å². The second kappa shape index (κ2) is 12.1. The lowest BCUT2D eigenvalue weighted by Gasteiger charge is -2.38. The quantitative estimate of drug-likeness (QED) is 0.629. The van der Waals surface area contributed by atoms with Crippen molar-refractivity contribution in [2.45, 2.75) is 44.6 Å². The van der Waals surface area contributed by atoms with Gasteiger partial charge in [-0.3, -0.25) is 9.59 Å². The third-order valence-corrected chi connectivity index (χ3v) is 4.07. The Kier molecular flexibility index (Phi) is 11.4. The molecule has 0 spiro atoms. The van der Waals surface area contributed by atoms with Crippen LogP contribution in [0.1, 0.15) is 38.5 Å². The van der Waals surface area contributed by atoms with Gasteiger partial charge in [0.05, 0.1) is 0 Å². The highest BCUT2D eigenvalue weighted by molar-refractivity contribution is 5.85. The molecule has 0 aromatic heterocycles. The normalized spacial score (nSPS) is 17.3. The predicted octanol–water partition coefficient (Wildman–Crippen LogP) is 2.02. The smallest absolute Gasteiger partial charge is 0.226 e. The zero-order valence-corrected chi connectivity index (χ0v) is 14.7. The van der Waals surface area contributed by atoms with E-state index in [9.17, 15) is 9.59 Å². The monoisotopic (exact) mass is 343 g/mol. The van der Waals surface area contributed by atoms with E-state index >= 15 is 0 Å². The van der Waals surface area contributed by atoms with Gasteiger partial charge in [-0.15, -0.1) is 25.6 Å². The molecular formula is C17H30ClN3O2. The summed E-state index contributed by atoms with van der Waals surface area (Å²) in [6, 6.07) is 0.0834. The first-order valence-electron chi connectivity index (χ1n) is 8.13. The summed E-state index contributed by atoms with van der Waals surface area (Å²) < 4.78 is 0. The average molecular weight is 344 g/mol. The molecule has 0 radical (unpaired) electrons. The molecule has 0 aliphatic carbocycles. The summed E-state index contributed by atoms with van der Waals surface area (Å²) in [5, 5.41) is 2.89. The van der Waals surface area contributed by atoms with E-state index in [1.54, 1.807) is 12.2 Å². The summed E-state index contributed by atoms with van der Waals surface area (Å²) in [6.45, 7) is 9.10. The number of likely N-dealkylation sites (tertiary alicyclic amines) is 1. The van der Waals surface area contributed by atoms with E-state index in [1.165, 1.54) is 0 Å². The Morgan fingerprint density at radius 1 is 1.26 bits per heavy atom. The summed E-state index contributed by atoms with van der Waals surface area (Å²) in [5.74, 6) is 0.0159. The van der Waals surface area contributed by atoms with Crippen molar-refractivity contribution in [3.63, 3.8) is 0 Å². The summed E-state index contributed by atoms with van der Waals surface area (Å²) in [5.41, 5.74) is 5.38. The van der Waals surface area contributed by atoms with Gasteiger partial charge in [0.2, 0.25) is 11.8 Å². The Hall–Kier alpha value is -1.33. The zero-order valence-electron chi connectivity index (χ0n) is 13.8. The predicted molar refractivity (Wildman–Crippen MR) is 96.4 cm³/mol. The van der Waals surface area contributed by atoms with Gasteiger partial charge >= 0.3 is 0 Å². The van der Waals surface area contributed by atoms with Gasteiger partial charge in [0.1, 0.15) is 0 Å². The van der Waals surface area contributed by atoms with Crippen LogP contribution in [0.2, 0.25) is 0 Å². The molecule has 3 N–H and O–H groups in total. The number of nitrogens with one attached hydrogen (secondary N) is 1. The van der Waals surface area contributed by atoms with Crippen molar-refractivity contribution in [2.75, 3.05) is 19.6 Å². The molecule has 1 saturated heterocycles. The molecule has 6 heteroatoms. The van der Waals surface area contributed by atoms with E-state index in [2.05, 4.69) is 18.5 Å². The largest absolute Gasteiger partial charge is 0.354 e. The van der Waals surface area contributed by atoms with Crippen LogP contribution >= 0.6 is 12.4 Å². The number of halogens is 1. The van der Waals surface area contributed by atoms with E-state index in [-0.39, 0.29) is 36.2 Å². The number of piperidine rings is 1. The minimum Gasteiger partial charge on any atom is -0.354 e. The maximum Gasteiger partial charge on any atom is 0.226 e. The minimum absolute atomic E-state index is 0. The molecule has 1 unspecified atom stereocenters. The highest BCUT2D eigenvalue weighted by atomic mass is 35.5. The van der Waals surface area contributed by atoms with Crippen molar-refractivity contribution in [1.29, 1.82) is 0 Å². The number of hydrogen-bond donors (Lipinski definition) is 2. The highest BCUT2D eigenvalue weighted by Crippen LogP contribution is 2.22. The molecule has 5 nitrogen and oxygen atoms in total. The van der Waals surface area contributed by atoms with Crippen molar-refractivity contribution in [3.05, 3.63) is 25.3 Å². The molecule has 0 aromatic rings. The minimum atomic E-state index is -0.0876. The van der Waals surface area contributed by atoms with Gasteiger partial charge < -0.3 is 16.0 Å². The maximum absolute atomic E-state index is 12.8. The van der Waals surface area contributed by atoms with Crippen molar-refractivity contribution in [2.24, 2.45) is 11.7 Å². The third kappa shape index (κ3) is 7.18. The Morgan fingerprint density at radius 2 is 1.91 bits per heavy atom. The fourth-order valence-corrected chi connectivity index (χ4v) is 2.89. The summed E-state index contributed by atoms with van der Waals surface area (Å²) in [6.07, 6.45) is 8.27. The lowest BCUT2D eigenvalue weighted by molar-refractivity contribution is -0.139. The Bertz CT molecular complexity index is 391. The number of carbonyl (C=O) groups is 2. The van der Waals surface area contributed by atoms with Crippen LogP contribution in [0, 0.1) is 5.92 Å². The molecule has 1 rings (SSSR count). The molecule has 132 valence electrons. The van der Waals surface area contributed by atoms with Crippen LogP contribution in [0.15, 0.2) is 25.3 Å². The van der Waals surface area contributed by atoms with Gasteiger partial charge in [-0.1, -0.05) is 12.2 Å². The Labute approximate surface area is 145 Å². The molecule has 23 heavy (non-hydrogen) atoms. The first-order valence-corrected chi connectivity index (χ1v) is 8.13. The van der Waals surface area contributed by atoms with Crippen molar-refractivity contribution in [1.82, 2.24) is 10.2 Å². The molecule has 1 heterocycles. The standard InChI is InChI=1S/C17H29N3O2.ClH/c1-3-7-14(8-4-2)17(22)20-12-6-5-9-15(20)13-19-16(21)10-11-18;/h3-4,14-15H,1-2,5-13,18H2,(H,19,21);1H. The SMILES string of the molecule is C=CCC(CC=C)C(=O)N1CCCCC1CNC(=O)CCN.Cl. The summed E-state index contributed by atoms with van der Waals surface area (Å²) >= 11 is 0. The molecule has 1 fully saturated rings. The zero-order chi connectivity index (χ0) is 16.4. The van der Waals surface area contributed by atoms with E-state index in [0.29, 0.717) is 32.4 Å². The topological polar surface area (TPSA) is 75.4 Å². The molecule has 0 saturated carbocycles. The number of rotatable bonds is 9. The van der Waals surface area contributed by atoms with Gasteiger partial charge in [0, 0.05) is 38.0 Å². The number of nitrogens with zero attached hydrogens (tertiary/aromatic N) is 1. The molecule has 1 aliphatic heterocycles. The van der Waals surface area contributed by atoms with Gasteiger partial charge in [-0.05, 0) is 32.1 Å². The van der Waals surface area contributed by atoms with Crippen LogP contribution in [-0.2, 0) is 9.59 Å². The maximum atomic E-state index is 12.8. The number of amides is 2. The van der Waals surface area contributed by atoms with E-state index < -0.39 is 0 Å². The fourth-order valence-electron chi connectivity index (χ4n) is 2.89. The summed E-state index contributed by atoms with van der Waals surface area (Å²) in [7, 11) is 0. The van der Waals surface area contributed by atoms with Gasteiger partial charge in [0.25, 0.3) is 0 Å². The fraction of sp³-hybridized carbons (Fsp3) is 0.647. The molecule has 0 aromatic carbocycles. The van der Waals surface area contributed by atoms with Crippen molar-refractivity contribution < 1.29 is 9.59 Å². The second-order valence-electron chi connectivity index (χ2n) is 5.77. The van der Waals surface area contributed by atoms with Crippen LogP contribution in [0.3, 0.4) is 0 Å². The Morgan fingerprint density at radius 3 is 2.48 bits per heavy atom. The molecular weight excluding hydrogens is 314 g/mol. The first-order chi connectivity index (χ1) is 10.6. The van der Waals surface area contributed by atoms with Crippen LogP contribution in [-0.4, -0.2) is 42.4 Å². The third-order valence-electron chi connectivity index (χ3n) is 4.07. The van der Waals surface area contributed by atoms with Crippen LogP contribution < -0.4 is 11.1 Å². The Balaban J connectivity index is 0.00000484. The summed E-state index contributed by atoms with van der Waals surface area (Å²) in [4.78, 5) is 26.3. The molecule has 2 amide bonds. The highest BCUT2D eigenvalue weighted by Gasteiger charge is 2.30. The molecule has 1 atom stereocenters. The first kappa shape index (κ1) is 21.7. The number of allylic oxidation sites excluding steroid dienone is 2. The lowest BCUT2D eigenvalue weighted by Crippen LogP contribution is -2.51. The van der Waals surface area contributed by atoms with Crippen LogP contribution in [0.25, 0.3) is 0 Å². The molecule has 1 aliphatic rings.